The van der Waals surface area contributed by atoms with E-state index in [0.29, 0.717) is 32.7 Å². The van der Waals surface area contributed by atoms with Crippen molar-refractivity contribution < 1.29 is 80.3 Å². The van der Waals surface area contributed by atoms with Gasteiger partial charge in [0.25, 0.3) is 0 Å². The van der Waals surface area contributed by atoms with Gasteiger partial charge in [0.05, 0.1) is 19.4 Å². The van der Waals surface area contributed by atoms with Crippen molar-refractivity contribution in [2.24, 2.45) is 0 Å². The molecule has 2 aromatic heterocycles. The Morgan fingerprint density at radius 3 is 1.15 bits per heavy atom. The fraction of sp³-hybridized carbons (Fsp3) is 0.400. The van der Waals surface area contributed by atoms with Crippen LogP contribution in [0.5, 0.6) is 0 Å². The van der Waals surface area contributed by atoms with Crippen LogP contribution in [0.15, 0.2) is 146 Å². The summed E-state index contributed by atoms with van der Waals surface area (Å²) in [6, 6.07) is 34.9. The molecule has 4 aromatic carbocycles. The molecule has 8 rings (SSSR count). The molecule has 428 valence electrons. The first-order valence-electron chi connectivity index (χ1n) is 25.2. The third kappa shape index (κ3) is 18.3. The SMILES string of the molecule is C.C.CC(O)(c1ccc(-c2ccc(CN3CCN(Cc4ccncc4)CC3CC(=O)O)cc2)cc1)C(F)(F)F.CCOC(=O)CC1CN(Cc2ccncc2)CCN1Cc1ccc(-c2ccc(C(C)(O)C(F)(F)F)cc2)cc1.[Li+].[OH-]. The Bertz CT molecular complexity index is 2800. The summed E-state index contributed by atoms with van der Waals surface area (Å²) >= 11 is 0. The first kappa shape index (κ1) is 68.3. The minimum Gasteiger partial charge on any atom is -0.870 e. The molecule has 0 spiro atoms. The number of carbonyl (C=O) groups excluding carboxylic acids is 1. The van der Waals surface area contributed by atoms with Crippen LogP contribution < -0.4 is 18.9 Å². The Labute approximate surface area is 477 Å². The van der Waals surface area contributed by atoms with Crippen LogP contribution in [-0.4, -0.2) is 133 Å². The molecular weight excluding hydrogens is 1040 g/mol. The zero-order chi connectivity index (χ0) is 54.7. The van der Waals surface area contributed by atoms with E-state index in [-0.39, 0.29) is 74.8 Å². The molecule has 2 aliphatic rings. The number of aliphatic hydroxyl groups is 2. The third-order valence-corrected chi connectivity index (χ3v) is 14.2. The largest absolute Gasteiger partial charge is 1.00 e. The quantitative estimate of drug-likeness (QED) is 0.0457. The molecule has 0 aliphatic carbocycles. The maximum absolute atomic E-state index is 13.2. The number of ether oxygens (including phenoxy) is 1. The topological polar surface area (TPSA) is 173 Å². The zero-order valence-electron chi connectivity index (χ0n) is 44.2. The summed E-state index contributed by atoms with van der Waals surface area (Å²) in [5, 5.41) is 29.2. The predicted molar refractivity (Wildman–Crippen MR) is 291 cm³/mol. The molecule has 4 N–H and O–H groups in total. The number of pyridine rings is 2. The molecule has 20 heteroatoms. The maximum Gasteiger partial charge on any atom is 1.00 e. The normalized spacial score (nSPS) is 17.7. The van der Waals surface area contributed by atoms with Crippen molar-refractivity contribution in [1.29, 1.82) is 0 Å². The van der Waals surface area contributed by atoms with Crippen molar-refractivity contribution >= 4 is 11.9 Å². The van der Waals surface area contributed by atoms with E-state index in [2.05, 4.69) is 29.6 Å². The molecular formula is C60H73F6LiN6O7. The van der Waals surface area contributed by atoms with E-state index in [0.717, 1.165) is 98.6 Å². The summed E-state index contributed by atoms with van der Waals surface area (Å²) in [5.41, 5.74) is 1.39. The van der Waals surface area contributed by atoms with Crippen LogP contribution in [0, 0.1) is 0 Å². The number of aromatic nitrogens is 2. The fourth-order valence-corrected chi connectivity index (χ4v) is 9.49. The van der Waals surface area contributed by atoms with Crippen molar-refractivity contribution in [3.8, 4) is 22.3 Å². The Hall–Kier alpha value is -5.98. The van der Waals surface area contributed by atoms with Gasteiger partial charge in [0.15, 0.2) is 11.2 Å². The Kier molecular flexibility index (Phi) is 25.8. The number of esters is 1. The van der Waals surface area contributed by atoms with Crippen LogP contribution in [0.1, 0.15) is 81.8 Å². The number of carboxylic acid groups (broad SMARTS) is 1. The molecule has 2 saturated heterocycles. The van der Waals surface area contributed by atoms with Gasteiger partial charge in [-0.2, -0.15) is 26.3 Å². The van der Waals surface area contributed by atoms with Gasteiger partial charge in [-0.15, -0.1) is 0 Å². The third-order valence-electron chi connectivity index (χ3n) is 14.2. The van der Waals surface area contributed by atoms with Gasteiger partial charge in [0, 0.05) is 102 Å². The maximum atomic E-state index is 13.2. The van der Waals surface area contributed by atoms with E-state index >= 15 is 0 Å². The van der Waals surface area contributed by atoms with Crippen LogP contribution in [0.3, 0.4) is 0 Å². The molecule has 13 nitrogen and oxygen atoms in total. The summed E-state index contributed by atoms with van der Waals surface area (Å²) < 4.78 is 84.0. The van der Waals surface area contributed by atoms with Gasteiger partial charge in [-0.05, 0) is 101 Å². The monoisotopic (exact) mass is 1110 g/mol. The number of hydrogen-bond acceptors (Lipinski definition) is 12. The second-order valence-corrected chi connectivity index (χ2v) is 19.7. The Morgan fingerprint density at radius 1 is 0.525 bits per heavy atom. The van der Waals surface area contributed by atoms with Gasteiger partial charge in [-0.25, -0.2) is 0 Å². The summed E-state index contributed by atoms with van der Waals surface area (Å²) in [6.45, 7) is 11.1. The summed E-state index contributed by atoms with van der Waals surface area (Å²) in [6.07, 6.45) is -2.08. The number of halogens is 6. The minimum atomic E-state index is -4.76. The van der Waals surface area contributed by atoms with Gasteiger partial charge < -0.3 is 25.5 Å². The summed E-state index contributed by atoms with van der Waals surface area (Å²) in [7, 11) is 0. The minimum absolute atomic E-state index is 0. The van der Waals surface area contributed by atoms with E-state index in [1.807, 2.05) is 72.8 Å². The van der Waals surface area contributed by atoms with Gasteiger partial charge in [0.1, 0.15) is 0 Å². The number of carbonyl (C=O) groups is 2. The molecule has 4 unspecified atom stereocenters. The number of benzene rings is 4. The molecule has 4 heterocycles. The number of carboxylic acids is 1. The second kappa shape index (κ2) is 30.2. The summed E-state index contributed by atoms with van der Waals surface area (Å²) in [4.78, 5) is 41.1. The molecule has 2 fully saturated rings. The molecule has 4 atom stereocenters. The smallest absolute Gasteiger partial charge is 0.870 e. The van der Waals surface area contributed by atoms with Crippen LogP contribution >= 0.6 is 0 Å². The Balaban J connectivity index is 0.000000401. The molecule has 0 amide bonds. The van der Waals surface area contributed by atoms with Crippen molar-refractivity contribution in [1.82, 2.24) is 29.6 Å². The van der Waals surface area contributed by atoms with Gasteiger partial charge >= 0.3 is 43.2 Å². The number of nitrogens with zero attached hydrogens (tertiary/aromatic N) is 6. The van der Waals surface area contributed by atoms with Gasteiger partial charge in [-0.1, -0.05) is 112 Å². The first-order valence-corrected chi connectivity index (χ1v) is 25.2. The predicted octanol–water partition coefficient (Wildman–Crippen LogP) is 7.94. The van der Waals surface area contributed by atoms with E-state index in [4.69, 9.17) is 4.74 Å². The van der Waals surface area contributed by atoms with E-state index < -0.39 is 29.5 Å². The molecule has 0 saturated carbocycles. The van der Waals surface area contributed by atoms with E-state index in [1.54, 1.807) is 56.0 Å². The zero-order valence-corrected chi connectivity index (χ0v) is 44.2. The van der Waals surface area contributed by atoms with Crippen LogP contribution in [0.2, 0.25) is 0 Å². The molecule has 0 radical (unpaired) electrons. The number of rotatable bonds is 17. The molecule has 80 heavy (non-hydrogen) atoms. The first-order chi connectivity index (χ1) is 36.1. The number of piperazine rings is 2. The van der Waals surface area contributed by atoms with Crippen LogP contribution in [-0.2, 0) is 51.7 Å². The standard InChI is InChI=1S/C30H34F3N3O3.C28H30F3N3O3.2CH4.Li.H2O/c1-3-39-28(37)18-27-21-35(19-23-12-14-34-15-13-23)16-17-36(27)20-22-4-6-24(7-5-22)25-8-10-26(11-9-25)29(2,38)30(31,32)33;1-27(37,28(29,30)31)24-8-6-23(7-9-24)22-4-2-20(3-5-22)18-34-15-14-33(19-25(34)16-26(35)36)17-21-10-12-32-13-11-21;;;;/h4-15,27,38H,3,16-21H2,1-2H3;2-13,25,37H,14-19H2,1H3,(H,35,36);2*1H4;;1H2/q;;;;+1;/p-1. The van der Waals surface area contributed by atoms with Crippen molar-refractivity contribution in [2.45, 2.75) is 110 Å². The second-order valence-electron chi connectivity index (χ2n) is 19.7. The van der Waals surface area contributed by atoms with Crippen LogP contribution in [0.25, 0.3) is 22.3 Å². The van der Waals surface area contributed by atoms with Crippen molar-refractivity contribution in [3.05, 3.63) is 179 Å². The average molecular weight is 1110 g/mol. The number of aliphatic carboxylic acids is 1. The fourth-order valence-electron chi connectivity index (χ4n) is 9.49. The van der Waals surface area contributed by atoms with Crippen molar-refractivity contribution in [2.75, 3.05) is 45.9 Å². The van der Waals surface area contributed by atoms with Gasteiger partial charge in [0.2, 0.25) is 0 Å². The van der Waals surface area contributed by atoms with E-state index in [9.17, 15) is 51.3 Å². The molecule has 2 aliphatic heterocycles. The summed E-state index contributed by atoms with van der Waals surface area (Å²) in [5.74, 6) is -1.04. The average Bonchev–Trinajstić information content (AvgIpc) is 3.38. The van der Waals surface area contributed by atoms with Crippen molar-refractivity contribution in [3.63, 3.8) is 0 Å². The van der Waals surface area contributed by atoms with Gasteiger partial charge in [-0.3, -0.25) is 39.2 Å². The number of alkyl halides is 6. The van der Waals surface area contributed by atoms with E-state index in [1.165, 1.54) is 29.8 Å². The molecule has 6 aromatic rings. The number of hydrogen-bond donors (Lipinski definition) is 3. The Morgan fingerprint density at radius 2 is 0.838 bits per heavy atom. The molecule has 0 bridgehead atoms. The van der Waals surface area contributed by atoms with Crippen LogP contribution in [0.4, 0.5) is 26.3 Å².